The topological polar surface area (TPSA) is 72.2 Å². The van der Waals surface area contributed by atoms with E-state index >= 15 is 0 Å². The summed E-state index contributed by atoms with van der Waals surface area (Å²) in [5.41, 5.74) is 5.64. The average molecular weight is 458 g/mol. The zero-order chi connectivity index (χ0) is 19.9. The number of rotatable bonds is 7. The summed E-state index contributed by atoms with van der Waals surface area (Å²) < 4.78 is 2.97. The van der Waals surface area contributed by atoms with E-state index in [2.05, 4.69) is 36.7 Å². The first kappa shape index (κ1) is 20.3. The van der Waals surface area contributed by atoms with Crippen molar-refractivity contribution in [1.29, 1.82) is 0 Å². The van der Waals surface area contributed by atoms with Crippen LogP contribution in [0.1, 0.15) is 18.1 Å². The average Bonchev–Trinajstić information content (AvgIpc) is 3.10. The van der Waals surface area contributed by atoms with Gasteiger partial charge < -0.3 is 4.57 Å². The van der Waals surface area contributed by atoms with E-state index in [1.807, 2.05) is 66.9 Å². The van der Waals surface area contributed by atoms with E-state index < -0.39 is 0 Å². The van der Waals surface area contributed by atoms with E-state index in [4.69, 9.17) is 0 Å². The van der Waals surface area contributed by atoms with E-state index in [0.717, 1.165) is 28.0 Å². The number of aryl methyl sites for hydroxylation is 1. The maximum Gasteiger partial charge on any atom is 0.250 e. The van der Waals surface area contributed by atoms with Gasteiger partial charge in [-0.15, -0.1) is 10.2 Å². The Hall–Kier alpha value is -2.45. The van der Waals surface area contributed by atoms with E-state index in [0.29, 0.717) is 5.16 Å². The van der Waals surface area contributed by atoms with Crippen LogP contribution >= 0.6 is 27.7 Å². The Morgan fingerprint density at radius 1 is 1.25 bits per heavy atom. The Morgan fingerprint density at radius 3 is 2.75 bits per heavy atom. The fourth-order valence-corrected chi connectivity index (χ4v) is 3.74. The highest BCUT2D eigenvalue weighted by atomic mass is 79.9. The molecular formula is C20H20BrN5OS. The van der Waals surface area contributed by atoms with Crippen LogP contribution in [-0.2, 0) is 11.3 Å². The van der Waals surface area contributed by atoms with Crippen LogP contribution in [0.4, 0.5) is 0 Å². The van der Waals surface area contributed by atoms with Crippen LogP contribution in [0.25, 0.3) is 11.4 Å². The lowest BCUT2D eigenvalue weighted by molar-refractivity contribution is -0.118. The van der Waals surface area contributed by atoms with Gasteiger partial charge in [0.1, 0.15) is 0 Å². The minimum Gasteiger partial charge on any atom is -0.302 e. The van der Waals surface area contributed by atoms with E-state index in [-0.39, 0.29) is 11.7 Å². The summed E-state index contributed by atoms with van der Waals surface area (Å²) in [5, 5.41) is 13.3. The minimum atomic E-state index is -0.196. The molecule has 0 unspecified atom stereocenters. The summed E-state index contributed by atoms with van der Waals surface area (Å²) in [6, 6.07) is 15.8. The van der Waals surface area contributed by atoms with Gasteiger partial charge >= 0.3 is 0 Å². The number of nitrogens with zero attached hydrogens (tertiary/aromatic N) is 4. The molecule has 28 heavy (non-hydrogen) atoms. The molecule has 0 aliphatic heterocycles. The van der Waals surface area contributed by atoms with Gasteiger partial charge in [-0.2, -0.15) is 5.10 Å². The Labute approximate surface area is 176 Å². The van der Waals surface area contributed by atoms with Gasteiger partial charge in [0.25, 0.3) is 5.91 Å². The van der Waals surface area contributed by atoms with Gasteiger partial charge in [-0.3, -0.25) is 4.79 Å². The van der Waals surface area contributed by atoms with E-state index in [9.17, 15) is 4.79 Å². The van der Waals surface area contributed by atoms with Crippen molar-refractivity contribution in [3.63, 3.8) is 0 Å². The number of aromatic nitrogens is 3. The molecule has 144 valence electrons. The maximum absolute atomic E-state index is 12.1. The lowest BCUT2D eigenvalue weighted by Crippen LogP contribution is -2.20. The Bertz CT molecular complexity index is 985. The highest BCUT2D eigenvalue weighted by molar-refractivity contribution is 9.10. The van der Waals surface area contributed by atoms with Crippen LogP contribution in [0.2, 0.25) is 0 Å². The SMILES string of the molecule is CCn1c(SCC(=O)NN=Cc2cccc(Br)c2)nnc1-c1ccc(C)cc1. The second-order valence-electron chi connectivity index (χ2n) is 6.05. The third kappa shape index (κ3) is 5.30. The van der Waals surface area contributed by atoms with Crippen LogP contribution in [-0.4, -0.2) is 32.6 Å². The molecule has 0 radical (unpaired) electrons. The number of hydrogen-bond acceptors (Lipinski definition) is 5. The summed E-state index contributed by atoms with van der Waals surface area (Å²) >= 11 is 4.74. The second-order valence-corrected chi connectivity index (χ2v) is 7.91. The van der Waals surface area contributed by atoms with Crippen molar-refractivity contribution in [2.75, 3.05) is 5.75 Å². The predicted octanol–water partition coefficient (Wildman–Crippen LogP) is 4.28. The van der Waals surface area contributed by atoms with Crippen molar-refractivity contribution in [2.24, 2.45) is 5.10 Å². The smallest absolute Gasteiger partial charge is 0.250 e. The molecule has 1 N–H and O–H groups in total. The molecular weight excluding hydrogens is 438 g/mol. The zero-order valence-electron chi connectivity index (χ0n) is 15.6. The third-order valence-corrected chi connectivity index (χ3v) is 5.39. The van der Waals surface area contributed by atoms with Crippen LogP contribution in [0, 0.1) is 6.92 Å². The van der Waals surface area contributed by atoms with Gasteiger partial charge in [0.2, 0.25) is 0 Å². The molecule has 2 aromatic carbocycles. The third-order valence-electron chi connectivity index (χ3n) is 3.93. The molecule has 1 aromatic heterocycles. The molecule has 0 saturated heterocycles. The van der Waals surface area contributed by atoms with Crippen molar-refractivity contribution in [1.82, 2.24) is 20.2 Å². The normalized spacial score (nSPS) is 11.1. The number of hydrazone groups is 1. The number of carbonyl (C=O) groups is 1. The Kier molecular flexibility index (Phi) is 7.00. The quantitative estimate of drug-likeness (QED) is 0.326. The molecule has 6 nitrogen and oxygen atoms in total. The standard InChI is InChI=1S/C20H20BrN5OS/c1-3-26-19(16-9-7-14(2)8-10-16)24-25-20(26)28-13-18(27)23-22-12-15-5-4-6-17(21)11-15/h4-12H,3,13H2,1-2H3,(H,23,27). The highest BCUT2D eigenvalue weighted by Gasteiger charge is 2.14. The molecule has 0 aliphatic rings. The fourth-order valence-electron chi connectivity index (χ4n) is 2.52. The summed E-state index contributed by atoms with van der Waals surface area (Å²) in [6.45, 7) is 4.81. The Morgan fingerprint density at radius 2 is 2.04 bits per heavy atom. The first-order valence-corrected chi connectivity index (χ1v) is 10.5. The van der Waals surface area contributed by atoms with Crippen molar-refractivity contribution in [2.45, 2.75) is 25.5 Å². The maximum atomic E-state index is 12.1. The monoisotopic (exact) mass is 457 g/mol. The van der Waals surface area contributed by atoms with Crippen molar-refractivity contribution < 1.29 is 4.79 Å². The van der Waals surface area contributed by atoms with Gasteiger partial charge in [0.05, 0.1) is 12.0 Å². The number of amides is 1. The summed E-state index contributed by atoms with van der Waals surface area (Å²) in [5.74, 6) is 0.818. The van der Waals surface area contributed by atoms with Crippen molar-refractivity contribution >= 4 is 39.8 Å². The van der Waals surface area contributed by atoms with Crippen molar-refractivity contribution in [3.05, 3.63) is 64.1 Å². The molecule has 1 amide bonds. The van der Waals surface area contributed by atoms with Crippen LogP contribution in [0.5, 0.6) is 0 Å². The molecule has 0 fully saturated rings. The van der Waals surface area contributed by atoms with Crippen LogP contribution < -0.4 is 5.43 Å². The van der Waals surface area contributed by atoms with Gasteiger partial charge in [0, 0.05) is 16.6 Å². The predicted molar refractivity (Wildman–Crippen MR) is 116 cm³/mol. The number of carbonyl (C=O) groups excluding carboxylic acids is 1. The molecule has 1 heterocycles. The molecule has 0 aliphatic carbocycles. The molecule has 0 bridgehead atoms. The molecule has 3 aromatic rings. The first-order chi connectivity index (χ1) is 13.6. The van der Waals surface area contributed by atoms with Crippen LogP contribution in [0.3, 0.4) is 0 Å². The van der Waals surface area contributed by atoms with E-state index in [1.165, 1.54) is 17.3 Å². The number of nitrogens with one attached hydrogen (secondary N) is 1. The highest BCUT2D eigenvalue weighted by Crippen LogP contribution is 2.24. The summed E-state index contributed by atoms with van der Waals surface area (Å²) in [6.07, 6.45) is 1.61. The Balaban J connectivity index is 1.59. The van der Waals surface area contributed by atoms with Crippen molar-refractivity contribution in [3.8, 4) is 11.4 Å². The largest absolute Gasteiger partial charge is 0.302 e. The van der Waals surface area contributed by atoms with Gasteiger partial charge in [-0.05, 0) is 31.5 Å². The number of halogens is 1. The molecule has 0 atom stereocenters. The number of benzene rings is 2. The lowest BCUT2D eigenvalue weighted by Gasteiger charge is -2.07. The molecule has 8 heteroatoms. The summed E-state index contributed by atoms with van der Waals surface area (Å²) in [4.78, 5) is 12.1. The molecule has 0 saturated carbocycles. The lowest BCUT2D eigenvalue weighted by atomic mass is 10.1. The zero-order valence-corrected chi connectivity index (χ0v) is 18.0. The number of thioether (sulfide) groups is 1. The number of hydrogen-bond donors (Lipinski definition) is 1. The fraction of sp³-hybridized carbons (Fsp3) is 0.200. The first-order valence-electron chi connectivity index (χ1n) is 8.77. The summed E-state index contributed by atoms with van der Waals surface area (Å²) in [7, 11) is 0. The second kappa shape index (κ2) is 9.66. The van der Waals surface area contributed by atoms with Gasteiger partial charge in [-0.1, -0.05) is 69.7 Å². The van der Waals surface area contributed by atoms with Gasteiger partial charge in [0.15, 0.2) is 11.0 Å². The molecule has 3 rings (SSSR count). The minimum absolute atomic E-state index is 0.196. The van der Waals surface area contributed by atoms with Crippen LogP contribution in [0.15, 0.2) is 63.3 Å². The van der Waals surface area contributed by atoms with Gasteiger partial charge in [-0.25, -0.2) is 5.43 Å². The van der Waals surface area contributed by atoms with E-state index in [1.54, 1.807) is 6.21 Å². The molecule has 0 spiro atoms.